The normalized spacial score (nSPS) is 11.8. The van der Waals surface area contributed by atoms with Crippen molar-refractivity contribution in [1.82, 2.24) is 24.3 Å². The number of pyridine rings is 3. The van der Waals surface area contributed by atoms with Gasteiger partial charge in [-0.2, -0.15) is 0 Å². The maximum absolute atomic E-state index is 13.4. The van der Waals surface area contributed by atoms with E-state index in [1.54, 1.807) is 10.8 Å². The first-order valence-electron chi connectivity index (χ1n) is 12.8. The van der Waals surface area contributed by atoms with Crippen LogP contribution in [0.15, 0.2) is 115 Å². The Kier molecular flexibility index (Phi) is 6.10. The van der Waals surface area contributed by atoms with Gasteiger partial charge < -0.3 is 14.3 Å². The van der Waals surface area contributed by atoms with Crippen molar-refractivity contribution < 1.29 is 0 Å². The van der Waals surface area contributed by atoms with E-state index in [9.17, 15) is 4.79 Å². The smallest absolute Gasteiger partial charge is 0.260 e. The number of aromatic nitrogens is 4. The molecule has 2 aromatic carbocycles. The molecule has 0 aliphatic carbocycles. The molecular weight excluding hydrogens is 470 g/mol. The van der Waals surface area contributed by atoms with Gasteiger partial charge in [-0.1, -0.05) is 66.7 Å². The van der Waals surface area contributed by atoms with Crippen LogP contribution in [0, 0.1) is 0 Å². The molecule has 4 heterocycles. The first kappa shape index (κ1) is 23.8. The second-order valence-electron chi connectivity index (χ2n) is 10.1. The van der Waals surface area contributed by atoms with Crippen molar-refractivity contribution in [2.24, 2.45) is 0 Å². The van der Waals surface area contributed by atoms with Crippen LogP contribution in [0.2, 0.25) is 0 Å². The summed E-state index contributed by atoms with van der Waals surface area (Å²) in [6.07, 6.45) is 9.41. The molecule has 0 spiro atoms. The zero-order valence-electron chi connectivity index (χ0n) is 21.5. The van der Waals surface area contributed by atoms with Crippen molar-refractivity contribution >= 4 is 16.4 Å². The van der Waals surface area contributed by atoms with Gasteiger partial charge in [0.15, 0.2) is 0 Å². The van der Waals surface area contributed by atoms with Gasteiger partial charge >= 0.3 is 0 Å². The van der Waals surface area contributed by atoms with E-state index in [2.05, 4.69) is 60.7 Å². The van der Waals surface area contributed by atoms with Gasteiger partial charge in [-0.25, -0.2) is 4.98 Å². The maximum Gasteiger partial charge on any atom is 0.260 e. The second-order valence-corrected chi connectivity index (χ2v) is 10.1. The highest BCUT2D eigenvalue weighted by molar-refractivity contribution is 5.95. The number of hydrogen-bond donors (Lipinski definition) is 1. The van der Waals surface area contributed by atoms with E-state index < -0.39 is 0 Å². The molecule has 0 saturated heterocycles. The van der Waals surface area contributed by atoms with Crippen LogP contribution in [0.25, 0.3) is 27.5 Å². The highest BCUT2D eigenvalue weighted by atomic mass is 16.1. The largest absolute Gasteiger partial charge is 0.309 e. The lowest BCUT2D eigenvalue weighted by Crippen LogP contribution is -2.35. The minimum Gasteiger partial charge on any atom is -0.309 e. The molecule has 0 saturated carbocycles. The van der Waals surface area contributed by atoms with Crippen LogP contribution in [0.5, 0.6) is 0 Å². The van der Waals surface area contributed by atoms with Crippen molar-refractivity contribution in [3.63, 3.8) is 0 Å². The van der Waals surface area contributed by atoms with E-state index in [1.807, 2.05) is 71.5 Å². The van der Waals surface area contributed by atoms with Gasteiger partial charge in [-0.3, -0.25) is 9.78 Å². The van der Waals surface area contributed by atoms with E-state index in [0.29, 0.717) is 11.9 Å². The molecule has 6 rings (SSSR count). The number of benzene rings is 2. The molecule has 6 heteroatoms. The first-order chi connectivity index (χ1) is 18.5. The van der Waals surface area contributed by atoms with E-state index in [4.69, 9.17) is 4.98 Å². The van der Waals surface area contributed by atoms with Gasteiger partial charge in [0.05, 0.1) is 17.6 Å². The van der Waals surface area contributed by atoms with Crippen molar-refractivity contribution in [3.8, 4) is 11.1 Å². The fourth-order valence-corrected chi connectivity index (χ4v) is 4.91. The van der Waals surface area contributed by atoms with E-state index in [0.717, 1.165) is 40.0 Å². The molecule has 4 aromatic heterocycles. The lowest BCUT2D eigenvalue weighted by Gasteiger charge is -2.27. The Morgan fingerprint density at radius 3 is 2.39 bits per heavy atom. The third-order valence-corrected chi connectivity index (χ3v) is 7.11. The van der Waals surface area contributed by atoms with Gasteiger partial charge in [0.1, 0.15) is 5.65 Å². The molecule has 0 bridgehead atoms. The zero-order valence-corrected chi connectivity index (χ0v) is 21.5. The predicted molar refractivity (Wildman–Crippen MR) is 152 cm³/mol. The summed E-state index contributed by atoms with van der Waals surface area (Å²) >= 11 is 0. The summed E-state index contributed by atoms with van der Waals surface area (Å²) in [5, 5.41) is 5.16. The molecular formula is C32H29N5O. The van der Waals surface area contributed by atoms with E-state index in [-0.39, 0.29) is 11.1 Å². The summed E-state index contributed by atoms with van der Waals surface area (Å²) in [6.45, 7) is 5.50. The van der Waals surface area contributed by atoms with Crippen molar-refractivity contribution in [3.05, 3.63) is 137 Å². The molecule has 188 valence electrons. The summed E-state index contributed by atoms with van der Waals surface area (Å²) < 4.78 is 3.73. The minimum atomic E-state index is -0.150. The molecule has 0 unspecified atom stereocenters. The summed E-state index contributed by atoms with van der Waals surface area (Å²) in [5.74, 6) is 0. The van der Waals surface area contributed by atoms with Crippen LogP contribution in [0.3, 0.4) is 0 Å². The fraction of sp³-hybridized carbons (Fsp3) is 0.156. The molecule has 0 atom stereocenters. The highest BCUT2D eigenvalue weighted by Gasteiger charge is 2.19. The van der Waals surface area contributed by atoms with Gasteiger partial charge in [0.25, 0.3) is 5.56 Å². The van der Waals surface area contributed by atoms with Gasteiger partial charge in [-0.15, -0.1) is 0 Å². The minimum absolute atomic E-state index is 0.0714. The first-order valence-corrected chi connectivity index (χ1v) is 12.8. The Balaban J connectivity index is 1.24. The molecule has 0 amide bonds. The van der Waals surface area contributed by atoms with E-state index >= 15 is 0 Å². The van der Waals surface area contributed by atoms with Crippen molar-refractivity contribution in [2.75, 3.05) is 0 Å². The van der Waals surface area contributed by atoms with Crippen LogP contribution in [0.1, 0.15) is 30.7 Å². The number of nitrogens with zero attached hydrogens (tertiary/aromatic N) is 4. The number of rotatable bonds is 7. The Bertz CT molecular complexity index is 1790. The van der Waals surface area contributed by atoms with Crippen LogP contribution >= 0.6 is 0 Å². The SMILES string of the molecule is CC(C)(NCc1ccc2nc(Cn3ccc4c(-c5ccccc5)cncc4c3=O)cn2c1)c1ccccc1. The second kappa shape index (κ2) is 9.72. The quantitative estimate of drug-likeness (QED) is 0.302. The highest BCUT2D eigenvalue weighted by Crippen LogP contribution is 2.26. The van der Waals surface area contributed by atoms with Gasteiger partial charge in [-0.05, 0) is 48.1 Å². The molecule has 0 aliphatic rings. The zero-order chi connectivity index (χ0) is 26.1. The Hall–Kier alpha value is -4.55. The monoisotopic (exact) mass is 499 g/mol. The molecule has 0 radical (unpaired) electrons. The average Bonchev–Trinajstić information content (AvgIpc) is 3.36. The third kappa shape index (κ3) is 4.62. The fourth-order valence-electron chi connectivity index (χ4n) is 4.91. The van der Waals surface area contributed by atoms with Crippen LogP contribution in [0.4, 0.5) is 0 Å². The lowest BCUT2D eigenvalue weighted by molar-refractivity contribution is 0.401. The van der Waals surface area contributed by atoms with Crippen LogP contribution in [-0.4, -0.2) is 18.9 Å². The van der Waals surface area contributed by atoms with Gasteiger partial charge in [0.2, 0.25) is 0 Å². The molecule has 6 nitrogen and oxygen atoms in total. The van der Waals surface area contributed by atoms with Crippen LogP contribution in [-0.2, 0) is 18.6 Å². The average molecular weight is 500 g/mol. The number of fused-ring (bicyclic) bond motifs is 2. The molecule has 0 aliphatic heterocycles. The van der Waals surface area contributed by atoms with Crippen molar-refractivity contribution in [2.45, 2.75) is 32.5 Å². The Morgan fingerprint density at radius 2 is 1.61 bits per heavy atom. The molecule has 1 N–H and O–H groups in total. The van der Waals surface area contributed by atoms with Gasteiger partial charge in [0, 0.05) is 48.6 Å². The maximum atomic E-state index is 13.4. The summed E-state index contributed by atoms with van der Waals surface area (Å²) in [5.41, 5.74) is 5.87. The number of hydrogen-bond acceptors (Lipinski definition) is 4. The summed E-state index contributed by atoms with van der Waals surface area (Å²) in [4.78, 5) is 22.5. The summed E-state index contributed by atoms with van der Waals surface area (Å²) in [6, 6.07) is 26.6. The Labute approximate surface area is 221 Å². The summed E-state index contributed by atoms with van der Waals surface area (Å²) in [7, 11) is 0. The topological polar surface area (TPSA) is 64.2 Å². The molecule has 6 aromatic rings. The van der Waals surface area contributed by atoms with E-state index in [1.165, 1.54) is 5.56 Å². The predicted octanol–water partition coefficient (Wildman–Crippen LogP) is 5.78. The number of nitrogens with one attached hydrogen (secondary N) is 1. The van der Waals surface area contributed by atoms with Crippen molar-refractivity contribution in [1.29, 1.82) is 0 Å². The Morgan fingerprint density at radius 1 is 0.842 bits per heavy atom. The molecule has 38 heavy (non-hydrogen) atoms. The van der Waals surface area contributed by atoms with Crippen LogP contribution < -0.4 is 10.9 Å². The number of imidazole rings is 1. The lowest BCUT2D eigenvalue weighted by atomic mass is 9.94. The third-order valence-electron chi connectivity index (χ3n) is 7.11. The standard InChI is InChI=1S/C32H29N5O/c1-32(2,25-11-7-4-8-12-25)34-17-23-13-14-30-35-26(22-37(30)20-23)21-36-16-15-27-28(24-9-5-3-6-10-24)18-33-19-29(27)31(36)38/h3-16,18-20,22,34H,17,21H2,1-2H3. The molecule has 0 fully saturated rings.